The predicted octanol–water partition coefficient (Wildman–Crippen LogP) is 3.84. The van der Waals surface area contributed by atoms with Crippen molar-refractivity contribution in [3.05, 3.63) is 35.1 Å². The van der Waals surface area contributed by atoms with E-state index in [0.29, 0.717) is 12.0 Å². The number of benzene rings is 1. The zero-order valence-corrected chi connectivity index (χ0v) is 11.5. The number of aryl methyl sites for hydroxylation is 1. The molecule has 100 valence electrons. The molecule has 0 aromatic heterocycles. The van der Waals surface area contributed by atoms with Crippen molar-refractivity contribution in [2.75, 3.05) is 6.54 Å². The Balaban J connectivity index is 2.08. The van der Waals surface area contributed by atoms with Gasteiger partial charge in [0.25, 0.3) is 0 Å². The molecule has 0 saturated heterocycles. The van der Waals surface area contributed by atoms with Crippen LogP contribution in [0.4, 0.5) is 4.39 Å². The van der Waals surface area contributed by atoms with Gasteiger partial charge in [0.05, 0.1) is 0 Å². The molecule has 1 fully saturated rings. The lowest BCUT2D eigenvalue weighted by Gasteiger charge is -2.32. The summed E-state index contributed by atoms with van der Waals surface area (Å²) in [4.78, 5) is 0. The van der Waals surface area contributed by atoms with Crippen LogP contribution in [0.25, 0.3) is 0 Å². The SMILES string of the molecule is CCNC1CCCCC1Cc1cc(F)ccc1C. The van der Waals surface area contributed by atoms with Crippen LogP contribution in [-0.2, 0) is 6.42 Å². The van der Waals surface area contributed by atoms with Gasteiger partial charge in [-0.2, -0.15) is 0 Å². The lowest BCUT2D eigenvalue weighted by molar-refractivity contribution is 0.264. The van der Waals surface area contributed by atoms with Crippen molar-refractivity contribution in [3.63, 3.8) is 0 Å². The zero-order chi connectivity index (χ0) is 13.0. The van der Waals surface area contributed by atoms with Crippen molar-refractivity contribution >= 4 is 0 Å². The summed E-state index contributed by atoms with van der Waals surface area (Å²) in [5.41, 5.74) is 2.40. The Morgan fingerprint density at radius 2 is 2.06 bits per heavy atom. The quantitative estimate of drug-likeness (QED) is 0.854. The third-order valence-electron chi connectivity index (χ3n) is 4.17. The van der Waals surface area contributed by atoms with Crippen LogP contribution in [0.3, 0.4) is 0 Å². The Kier molecular flexibility index (Phi) is 4.76. The molecular weight excluding hydrogens is 225 g/mol. The summed E-state index contributed by atoms with van der Waals surface area (Å²) < 4.78 is 13.3. The van der Waals surface area contributed by atoms with Crippen LogP contribution in [0, 0.1) is 18.7 Å². The molecule has 0 bridgehead atoms. The van der Waals surface area contributed by atoms with Gasteiger partial charge in [-0.3, -0.25) is 0 Å². The first kappa shape index (κ1) is 13.5. The molecule has 1 aliphatic rings. The van der Waals surface area contributed by atoms with E-state index in [1.807, 2.05) is 6.07 Å². The highest BCUT2D eigenvalue weighted by molar-refractivity contribution is 5.27. The van der Waals surface area contributed by atoms with Crippen LogP contribution in [0.2, 0.25) is 0 Å². The van der Waals surface area contributed by atoms with E-state index in [1.165, 1.54) is 36.8 Å². The minimum atomic E-state index is -0.105. The van der Waals surface area contributed by atoms with Gasteiger partial charge in [-0.25, -0.2) is 4.39 Å². The Labute approximate surface area is 110 Å². The van der Waals surface area contributed by atoms with Gasteiger partial charge in [0, 0.05) is 6.04 Å². The van der Waals surface area contributed by atoms with E-state index in [0.717, 1.165) is 13.0 Å². The van der Waals surface area contributed by atoms with E-state index >= 15 is 0 Å². The fourth-order valence-corrected chi connectivity index (χ4v) is 3.13. The molecule has 2 heteroatoms. The average Bonchev–Trinajstić information content (AvgIpc) is 2.36. The van der Waals surface area contributed by atoms with Crippen LogP contribution in [0.15, 0.2) is 18.2 Å². The molecule has 1 saturated carbocycles. The first-order valence-electron chi connectivity index (χ1n) is 7.19. The summed E-state index contributed by atoms with van der Waals surface area (Å²) in [6.07, 6.45) is 6.21. The number of hydrogen-bond donors (Lipinski definition) is 1. The Bertz CT molecular complexity index is 387. The minimum absolute atomic E-state index is 0.105. The second-order valence-electron chi connectivity index (χ2n) is 5.48. The highest BCUT2D eigenvalue weighted by Gasteiger charge is 2.24. The smallest absolute Gasteiger partial charge is 0.123 e. The summed E-state index contributed by atoms with van der Waals surface area (Å²) in [6, 6.07) is 5.79. The van der Waals surface area contributed by atoms with Crippen LogP contribution in [0.1, 0.15) is 43.7 Å². The molecule has 1 nitrogen and oxygen atoms in total. The van der Waals surface area contributed by atoms with E-state index in [9.17, 15) is 4.39 Å². The topological polar surface area (TPSA) is 12.0 Å². The van der Waals surface area contributed by atoms with Gasteiger partial charge in [-0.1, -0.05) is 25.8 Å². The van der Waals surface area contributed by atoms with Gasteiger partial charge in [-0.05, 0) is 61.9 Å². The van der Waals surface area contributed by atoms with Gasteiger partial charge in [-0.15, -0.1) is 0 Å². The van der Waals surface area contributed by atoms with E-state index in [1.54, 1.807) is 12.1 Å². The van der Waals surface area contributed by atoms with Crippen molar-refractivity contribution in [2.45, 2.75) is 52.0 Å². The van der Waals surface area contributed by atoms with Crippen molar-refractivity contribution < 1.29 is 4.39 Å². The Morgan fingerprint density at radius 1 is 1.28 bits per heavy atom. The second kappa shape index (κ2) is 6.33. The minimum Gasteiger partial charge on any atom is -0.314 e. The third kappa shape index (κ3) is 3.32. The van der Waals surface area contributed by atoms with Crippen molar-refractivity contribution in [1.29, 1.82) is 0 Å². The molecule has 1 aromatic carbocycles. The standard InChI is InChI=1S/C16H24FN/c1-3-18-16-7-5-4-6-13(16)10-14-11-15(17)9-8-12(14)2/h8-9,11,13,16,18H,3-7,10H2,1-2H3. The number of halogens is 1. The summed E-state index contributed by atoms with van der Waals surface area (Å²) in [5, 5.41) is 3.60. The summed E-state index contributed by atoms with van der Waals surface area (Å²) in [6.45, 7) is 5.28. The van der Waals surface area contributed by atoms with E-state index in [2.05, 4.69) is 19.2 Å². The van der Waals surface area contributed by atoms with Crippen molar-refractivity contribution in [3.8, 4) is 0 Å². The lowest BCUT2D eigenvalue weighted by Crippen LogP contribution is -2.39. The fraction of sp³-hybridized carbons (Fsp3) is 0.625. The number of hydrogen-bond acceptors (Lipinski definition) is 1. The molecule has 0 heterocycles. The van der Waals surface area contributed by atoms with Crippen LogP contribution >= 0.6 is 0 Å². The molecule has 18 heavy (non-hydrogen) atoms. The Morgan fingerprint density at radius 3 is 2.83 bits per heavy atom. The third-order valence-corrected chi connectivity index (χ3v) is 4.17. The number of nitrogens with one attached hydrogen (secondary N) is 1. The Hall–Kier alpha value is -0.890. The predicted molar refractivity (Wildman–Crippen MR) is 74.3 cm³/mol. The molecule has 2 atom stereocenters. The highest BCUT2D eigenvalue weighted by Crippen LogP contribution is 2.28. The number of rotatable bonds is 4. The highest BCUT2D eigenvalue weighted by atomic mass is 19.1. The molecule has 1 N–H and O–H groups in total. The van der Waals surface area contributed by atoms with Crippen molar-refractivity contribution in [2.24, 2.45) is 5.92 Å². The molecule has 0 aliphatic heterocycles. The summed E-state index contributed by atoms with van der Waals surface area (Å²) in [5.74, 6) is 0.561. The second-order valence-corrected chi connectivity index (χ2v) is 5.48. The zero-order valence-electron chi connectivity index (χ0n) is 11.5. The van der Waals surface area contributed by atoms with Crippen molar-refractivity contribution in [1.82, 2.24) is 5.32 Å². The normalized spacial score (nSPS) is 24.2. The maximum Gasteiger partial charge on any atom is 0.123 e. The fourth-order valence-electron chi connectivity index (χ4n) is 3.13. The van der Waals surface area contributed by atoms with E-state index in [-0.39, 0.29) is 5.82 Å². The first-order valence-corrected chi connectivity index (χ1v) is 7.19. The lowest BCUT2D eigenvalue weighted by atomic mass is 9.80. The maximum absolute atomic E-state index is 13.3. The van der Waals surface area contributed by atoms with E-state index in [4.69, 9.17) is 0 Å². The molecule has 1 aliphatic carbocycles. The molecule has 2 rings (SSSR count). The largest absolute Gasteiger partial charge is 0.314 e. The van der Waals surface area contributed by atoms with Gasteiger partial charge in [0.2, 0.25) is 0 Å². The van der Waals surface area contributed by atoms with Gasteiger partial charge >= 0.3 is 0 Å². The average molecular weight is 249 g/mol. The van der Waals surface area contributed by atoms with Gasteiger partial charge < -0.3 is 5.32 Å². The van der Waals surface area contributed by atoms with Crippen LogP contribution < -0.4 is 5.32 Å². The molecule has 0 spiro atoms. The molecule has 0 radical (unpaired) electrons. The van der Waals surface area contributed by atoms with Crippen LogP contribution in [0.5, 0.6) is 0 Å². The summed E-state index contributed by atoms with van der Waals surface area (Å²) in [7, 11) is 0. The van der Waals surface area contributed by atoms with Crippen LogP contribution in [-0.4, -0.2) is 12.6 Å². The van der Waals surface area contributed by atoms with Gasteiger partial charge in [0.1, 0.15) is 5.82 Å². The monoisotopic (exact) mass is 249 g/mol. The first-order chi connectivity index (χ1) is 8.70. The van der Waals surface area contributed by atoms with E-state index < -0.39 is 0 Å². The maximum atomic E-state index is 13.3. The summed E-state index contributed by atoms with van der Waals surface area (Å²) >= 11 is 0. The molecule has 1 aromatic rings. The van der Waals surface area contributed by atoms with Gasteiger partial charge in [0.15, 0.2) is 0 Å². The molecule has 2 unspecified atom stereocenters. The molecule has 0 amide bonds. The molecular formula is C16H24FN.